The molecule has 2 aromatic rings. The summed E-state index contributed by atoms with van der Waals surface area (Å²) in [5, 5.41) is 0.336. The van der Waals surface area contributed by atoms with Crippen LogP contribution in [0.3, 0.4) is 0 Å². The van der Waals surface area contributed by atoms with Crippen LogP contribution >= 0.6 is 15.9 Å². The van der Waals surface area contributed by atoms with Crippen LogP contribution in [0.2, 0.25) is 0 Å². The second-order valence-electron chi connectivity index (χ2n) is 3.48. The molecule has 0 amide bonds. The van der Waals surface area contributed by atoms with Crippen molar-refractivity contribution in [3.05, 3.63) is 38.8 Å². The Balaban J connectivity index is 2.99. The maximum absolute atomic E-state index is 13.3. The molecule has 16 heavy (non-hydrogen) atoms. The quantitative estimate of drug-likeness (QED) is 0.818. The summed E-state index contributed by atoms with van der Waals surface area (Å²) in [6.45, 7) is 2.62. The predicted molar refractivity (Wildman–Crippen MR) is 66.0 cm³/mol. The number of benzene rings is 1. The summed E-state index contributed by atoms with van der Waals surface area (Å²) < 4.78 is 15.6. The molecule has 0 aliphatic heterocycles. The van der Waals surface area contributed by atoms with Gasteiger partial charge in [0.05, 0.1) is 15.7 Å². The number of nitrogen functional groups attached to an aromatic ring is 1. The molecule has 84 valence electrons. The Hall–Kier alpha value is -1.36. The summed E-state index contributed by atoms with van der Waals surface area (Å²) in [7, 11) is 0. The summed E-state index contributed by atoms with van der Waals surface area (Å²) in [4.78, 5) is 11.8. The first-order valence-corrected chi connectivity index (χ1v) is 5.61. The maximum Gasteiger partial charge on any atom is 0.203 e. The average molecular weight is 285 g/mol. The number of rotatable bonds is 1. The fourth-order valence-electron chi connectivity index (χ4n) is 1.65. The molecular weight excluding hydrogens is 275 g/mol. The Morgan fingerprint density at radius 3 is 2.81 bits per heavy atom. The van der Waals surface area contributed by atoms with Crippen molar-refractivity contribution in [1.29, 1.82) is 0 Å². The van der Waals surface area contributed by atoms with Crippen molar-refractivity contribution in [1.82, 2.24) is 4.57 Å². The van der Waals surface area contributed by atoms with Crippen molar-refractivity contribution in [3.8, 4) is 0 Å². The molecule has 1 aromatic heterocycles. The zero-order valence-electron chi connectivity index (χ0n) is 8.63. The molecule has 0 aliphatic rings. The summed E-state index contributed by atoms with van der Waals surface area (Å²) in [6, 6.07) is 2.67. The molecule has 1 aromatic carbocycles. The minimum absolute atomic E-state index is 0.0522. The molecule has 2 rings (SSSR count). The number of anilines is 1. The van der Waals surface area contributed by atoms with Gasteiger partial charge in [-0.25, -0.2) is 4.39 Å². The van der Waals surface area contributed by atoms with E-state index in [1.54, 1.807) is 6.20 Å². The van der Waals surface area contributed by atoms with E-state index in [-0.39, 0.29) is 11.1 Å². The van der Waals surface area contributed by atoms with Gasteiger partial charge in [0.1, 0.15) is 5.82 Å². The number of aromatic nitrogens is 1. The number of nitrogens with two attached hydrogens (primary N) is 1. The SMILES string of the molecule is CCn1cc(Br)c(=O)c2cc(F)c(N)cc21. The first-order chi connectivity index (χ1) is 7.54. The first-order valence-electron chi connectivity index (χ1n) is 4.82. The highest BCUT2D eigenvalue weighted by Crippen LogP contribution is 2.20. The second-order valence-corrected chi connectivity index (χ2v) is 4.34. The van der Waals surface area contributed by atoms with Gasteiger partial charge in [-0.3, -0.25) is 4.79 Å². The third-order valence-corrected chi connectivity index (χ3v) is 3.06. The van der Waals surface area contributed by atoms with E-state index in [0.717, 1.165) is 0 Å². The van der Waals surface area contributed by atoms with Gasteiger partial charge in [-0.15, -0.1) is 0 Å². The highest BCUT2D eigenvalue weighted by molar-refractivity contribution is 9.10. The second kappa shape index (κ2) is 3.90. The van der Waals surface area contributed by atoms with E-state index in [2.05, 4.69) is 15.9 Å². The lowest BCUT2D eigenvalue weighted by Gasteiger charge is -2.10. The summed E-state index contributed by atoms with van der Waals surface area (Å²) >= 11 is 3.16. The molecule has 0 unspecified atom stereocenters. The smallest absolute Gasteiger partial charge is 0.203 e. The van der Waals surface area contributed by atoms with Crippen LogP contribution in [-0.2, 0) is 6.54 Å². The van der Waals surface area contributed by atoms with Crippen molar-refractivity contribution in [2.24, 2.45) is 0 Å². The van der Waals surface area contributed by atoms with Gasteiger partial charge in [-0.1, -0.05) is 0 Å². The fourth-order valence-corrected chi connectivity index (χ4v) is 2.11. The molecule has 0 radical (unpaired) electrons. The van der Waals surface area contributed by atoms with Gasteiger partial charge in [0, 0.05) is 18.1 Å². The standard InChI is InChI=1S/C11H10BrFN2O/c1-2-15-5-7(12)11(16)6-3-8(13)9(14)4-10(6)15/h3-5H,2,14H2,1H3. The summed E-state index contributed by atoms with van der Waals surface area (Å²) in [5.41, 5.74) is 5.97. The van der Waals surface area contributed by atoms with Gasteiger partial charge in [-0.2, -0.15) is 0 Å². The number of aryl methyl sites for hydroxylation is 1. The van der Waals surface area contributed by atoms with Crippen LogP contribution < -0.4 is 11.2 Å². The first kappa shape index (κ1) is 11.1. The molecule has 0 fully saturated rings. The van der Waals surface area contributed by atoms with Crippen LogP contribution in [0.25, 0.3) is 10.9 Å². The Labute approximate surface area is 99.8 Å². The molecule has 0 bridgehead atoms. The van der Waals surface area contributed by atoms with Crippen LogP contribution in [0, 0.1) is 5.82 Å². The van der Waals surface area contributed by atoms with Crippen LogP contribution in [0.1, 0.15) is 6.92 Å². The Morgan fingerprint density at radius 2 is 2.19 bits per heavy atom. The van der Waals surface area contributed by atoms with E-state index in [0.29, 0.717) is 21.9 Å². The van der Waals surface area contributed by atoms with Gasteiger partial charge >= 0.3 is 0 Å². The van der Waals surface area contributed by atoms with E-state index in [9.17, 15) is 9.18 Å². The predicted octanol–water partition coefficient (Wildman–Crippen LogP) is 2.51. The molecule has 2 N–H and O–H groups in total. The Bertz CT molecular complexity index is 621. The van der Waals surface area contributed by atoms with E-state index in [1.807, 2.05) is 11.5 Å². The molecule has 0 spiro atoms. The van der Waals surface area contributed by atoms with Gasteiger partial charge in [0.25, 0.3) is 0 Å². The normalized spacial score (nSPS) is 10.9. The van der Waals surface area contributed by atoms with Crippen LogP contribution in [0.4, 0.5) is 10.1 Å². The molecule has 1 heterocycles. The average Bonchev–Trinajstić information content (AvgIpc) is 2.26. The Morgan fingerprint density at radius 1 is 1.50 bits per heavy atom. The number of hydrogen-bond donors (Lipinski definition) is 1. The lowest BCUT2D eigenvalue weighted by molar-refractivity contribution is 0.633. The highest BCUT2D eigenvalue weighted by Gasteiger charge is 2.09. The zero-order chi connectivity index (χ0) is 11.9. The van der Waals surface area contributed by atoms with Crippen molar-refractivity contribution in [2.45, 2.75) is 13.5 Å². The summed E-state index contributed by atoms with van der Waals surface area (Å²) in [6.07, 6.45) is 1.68. The molecule has 3 nitrogen and oxygen atoms in total. The van der Waals surface area contributed by atoms with Crippen LogP contribution in [-0.4, -0.2) is 4.57 Å². The van der Waals surface area contributed by atoms with E-state index in [1.165, 1.54) is 12.1 Å². The third-order valence-electron chi connectivity index (χ3n) is 2.50. The molecule has 0 atom stereocenters. The largest absolute Gasteiger partial charge is 0.396 e. The molecule has 5 heteroatoms. The third kappa shape index (κ3) is 1.61. The number of nitrogens with zero attached hydrogens (tertiary/aromatic N) is 1. The monoisotopic (exact) mass is 284 g/mol. The minimum Gasteiger partial charge on any atom is -0.396 e. The van der Waals surface area contributed by atoms with Gasteiger partial charge in [0.15, 0.2) is 0 Å². The molecule has 0 saturated carbocycles. The molecule has 0 aliphatic carbocycles. The van der Waals surface area contributed by atoms with Crippen LogP contribution in [0.15, 0.2) is 27.6 Å². The van der Waals surface area contributed by atoms with Gasteiger partial charge in [-0.05, 0) is 35.0 Å². The lowest BCUT2D eigenvalue weighted by atomic mass is 10.2. The number of halogens is 2. The number of fused-ring (bicyclic) bond motifs is 1. The topological polar surface area (TPSA) is 48.0 Å². The van der Waals surface area contributed by atoms with Gasteiger partial charge < -0.3 is 10.3 Å². The van der Waals surface area contributed by atoms with Crippen molar-refractivity contribution < 1.29 is 4.39 Å². The van der Waals surface area contributed by atoms with E-state index < -0.39 is 5.82 Å². The van der Waals surface area contributed by atoms with Crippen molar-refractivity contribution in [3.63, 3.8) is 0 Å². The molecular formula is C11H10BrFN2O. The highest BCUT2D eigenvalue weighted by atomic mass is 79.9. The van der Waals surface area contributed by atoms with E-state index in [4.69, 9.17) is 5.73 Å². The van der Waals surface area contributed by atoms with Crippen LogP contribution in [0.5, 0.6) is 0 Å². The van der Waals surface area contributed by atoms with Crippen molar-refractivity contribution >= 4 is 32.5 Å². The summed E-state index contributed by atoms with van der Waals surface area (Å²) in [5.74, 6) is -0.564. The maximum atomic E-state index is 13.3. The molecule has 0 saturated heterocycles. The van der Waals surface area contributed by atoms with E-state index >= 15 is 0 Å². The zero-order valence-corrected chi connectivity index (χ0v) is 10.2. The Kier molecular flexibility index (Phi) is 2.71. The number of pyridine rings is 1. The lowest BCUT2D eigenvalue weighted by Crippen LogP contribution is -2.10. The number of hydrogen-bond acceptors (Lipinski definition) is 2. The van der Waals surface area contributed by atoms with Crippen molar-refractivity contribution in [2.75, 3.05) is 5.73 Å². The van der Waals surface area contributed by atoms with Gasteiger partial charge in [0.2, 0.25) is 5.43 Å². The minimum atomic E-state index is -0.564. The fraction of sp³-hybridized carbons (Fsp3) is 0.182.